The molecule has 1 nitrogen and oxygen atoms in total. The lowest BCUT2D eigenvalue weighted by Crippen LogP contribution is -2.04. The van der Waals surface area contributed by atoms with Crippen LogP contribution in [0.2, 0.25) is 0 Å². The minimum Gasteiger partial charge on any atom is -0.294 e. The summed E-state index contributed by atoms with van der Waals surface area (Å²) in [6.07, 6.45) is 0.108. The van der Waals surface area contributed by atoms with Gasteiger partial charge in [-0.05, 0) is 11.6 Å². The van der Waals surface area contributed by atoms with Gasteiger partial charge in [0.1, 0.15) is 5.82 Å². The number of rotatable bonds is 3. The van der Waals surface area contributed by atoms with Crippen LogP contribution < -0.4 is 0 Å². The molecule has 0 radical (unpaired) electrons. The van der Waals surface area contributed by atoms with Crippen LogP contribution in [0.3, 0.4) is 0 Å². The van der Waals surface area contributed by atoms with Crippen molar-refractivity contribution in [3.05, 3.63) is 71.5 Å². The highest BCUT2D eigenvalue weighted by molar-refractivity contribution is 5.97. The van der Waals surface area contributed by atoms with Gasteiger partial charge in [-0.2, -0.15) is 0 Å². The second-order valence-corrected chi connectivity index (χ2v) is 3.56. The number of carbonyl (C=O) groups excluding carboxylic acids is 1. The van der Waals surface area contributed by atoms with E-state index in [1.165, 1.54) is 6.07 Å². The number of hydrogen-bond donors (Lipinski definition) is 0. The van der Waals surface area contributed by atoms with E-state index in [9.17, 15) is 9.18 Å². The third-order valence-electron chi connectivity index (χ3n) is 2.40. The second-order valence-electron chi connectivity index (χ2n) is 3.56. The maximum Gasteiger partial charge on any atom is 0.167 e. The van der Waals surface area contributed by atoms with Crippen LogP contribution >= 0.6 is 0 Å². The van der Waals surface area contributed by atoms with Gasteiger partial charge in [0.2, 0.25) is 0 Å². The molecule has 0 aliphatic rings. The third kappa shape index (κ3) is 2.34. The van der Waals surface area contributed by atoms with Crippen LogP contribution in [0, 0.1) is 5.82 Å². The molecule has 0 N–H and O–H groups in total. The van der Waals surface area contributed by atoms with Gasteiger partial charge >= 0.3 is 0 Å². The van der Waals surface area contributed by atoms with Crippen molar-refractivity contribution in [2.24, 2.45) is 0 Å². The van der Waals surface area contributed by atoms with E-state index < -0.39 is 0 Å². The fourth-order valence-electron chi connectivity index (χ4n) is 1.54. The Kier molecular flexibility index (Phi) is 3.10. The first kappa shape index (κ1) is 10.6. The summed E-state index contributed by atoms with van der Waals surface area (Å²) in [6, 6.07) is 15.3. The van der Waals surface area contributed by atoms with Crippen LogP contribution in [0.1, 0.15) is 15.9 Å². The highest BCUT2D eigenvalue weighted by Gasteiger charge is 2.09. The van der Waals surface area contributed by atoms with Gasteiger partial charge in [0.05, 0.1) is 0 Å². The molecule has 2 aromatic carbocycles. The quantitative estimate of drug-likeness (QED) is 0.717. The van der Waals surface area contributed by atoms with Gasteiger partial charge in [0.15, 0.2) is 5.78 Å². The molecule has 0 amide bonds. The molecule has 0 unspecified atom stereocenters. The Bertz CT molecular complexity index is 491. The van der Waals surface area contributed by atoms with Crippen molar-refractivity contribution in [1.29, 1.82) is 0 Å². The predicted octanol–water partition coefficient (Wildman–Crippen LogP) is 3.25. The van der Waals surface area contributed by atoms with Gasteiger partial charge in [0.25, 0.3) is 0 Å². The van der Waals surface area contributed by atoms with E-state index >= 15 is 0 Å². The number of carbonyl (C=O) groups is 1. The molecule has 0 spiro atoms. The molecule has 0 heterocycles. The molecule has 80 valence electrons. The Morgan fingerprint density at radius 1 is 0.938 bits per heavy atom. The normalized spacial score (nSPS) is 10.1. The second kappa shape index (κ2) is 4.71. The zero-order valence-electron chi connectivity index (χ0n) is 8.69. The Hall–Kier alpha value is -1.96. The van der Waals surface area contributed by atoms with Gasteiger partial charge in [-0.3, -0.25) is 4.79 Å². The zero-order valence-corrected chi connectivity index (χ0v) is 8.69. The first-order valence-corrected chi connectivity index (χ1v) is 5.09. The van der Waals surface area contributed by atoms with Crippen LogP contribution in [0.15, 0.2) is 54.6 Å². The largest absolute Gasteiger partial charge is 0.294 e. The highest BCUT2D eigenvalue weighted by atomic mass is 19.1. The summed E-state index contributed by atoms with van der Waals surface area (Å²) in [4.78, 5) is 11.8. The van der Waals surface area contributed by atoms with E-state index in [1.807, 2.05) is 6.07 Å². The van der Waals surface area contributed by atoms with Gasteiger partial charge < -0.3 is 0 Å². The Morgan fingerprint density at radius 2 is 1.56 bits per heavy atom. The van der Waals surface area contributed by atoms with Gasteiger partial charge in [-0.1, -0.05) is 48.5 Å². The zero-order chi connectivity index (χ0) is 11.4. The summed E-state index contributed by atoms with van der Waals surface area (Å²) in [5, 5.41) is 0. The van der Waals surface area contributed by atoms with Gasteiger partial charge in [-0.15, -0.1) is 0 Å². The van der Waals surface area contributed by atoms with E-state index in [-0.39, 0.29) is 18.0 Å². The van der Waals surface area contributed by atoms with E-state index in [0.29, 0.717) is 11.1 Å². The molecule has 16 heavy (non-hydrogen) atoms. The van der Waals surface area contributed by atoms with E-state index in [2.05, 4.69) is 0 Å². The first-order chi connectivity index (χ1) is 7.77. The molecule has 2 heteroatoms. The van der Waals surface area contributed by atoms with Crippen molar-refractivity contribution in [2.75, 3.05) is 0 Å². The maximum atomic E-state index is 13.3. The van der Waals surface area contributed by atoms with Crippen LogP contribution in [-0.2, 0) is 6.42 Å². The summed E-state index contributed by atoms with van der Waals surface area (Å²) < 4.78 is 13.3. The lowest BCUT2D eigenvalue weighted by Gasteiger charge is -2.02. The minimum absolute atomic E-state index is 0.0642. The maximum absolute atomic E-state index is 13.3. The smallest absolute Gasteiger partial charge is 0.167 e. The van der Waals surface area contributed by atoms with Crippen molar-refractivity contribution >= 4 is 5.78 Å². The monoisotopic (exact) mass is 214 g/mol. The average Bonchev–Trinajstić information content (AvgIpc) is 2.33. The Labute approximate surface area is 93.5 Å². The molecule has 0 saturated carbocycles. The summed E-state index contributed by atoms with van der Waals surface area (Å²) in [6.45, 7) is 0. The lowest BCUT2D eigenvalue weighted by atomic mass is 10.0. The summed E-state index contributed by atoms with van der Waals surface area (Å²) in [5.41, 5.74) is 1.06. The molecule has 2 rings (SSSR count). The van der Waals surface area contributed by atoms with Crippen LogP contribution in [0.5, 0.6) is 0 Å². The molecule has 0 saturated heterocycles. The molecule has 0 aliphatic carbocycles. The number of ketones is 1. The van der Waals surface area contributed by atoms with Crippen LogP contribution in [0.25, 0.3) is 0 Å². The summed E-state index contributed by atoms with van der Waals surface area (Å²) in [5.74, 6) is -0.391. The van der Waals surface area contributed by atoms with E-state index in [0.717, 1.165) is 0 Å². The third-order valence-corrected chi connectivity index (χ3v) is 2.40. The topological polar surface area (TPSA) is 17.1 Å². The number of Topliss-reactive ketones (excluding diaryl/α,β-unsaturated/α-hetero) is 1. The summed E-state index contributed by atoms with van der Waals surface area (Å²) >= 11 is 0. The van der Waals surface area contributed by atoms with Crippen molar-refractivity contribution in [3.8, 4) is 0 Å². The Morgan fingerprint density at radius 3 is 2.25 bits per heavy atom. The number of hydrogen-bond acceptors (Lipinski definition) is 1. The van der Waals surface area contributed by atoms with Crippen LogP contribution in [-0.4, -0.2) is 5.78 Å². The molecule has 2 aromatic rings. The minimum atomic E-state index is -0.327. The SMILES string of the molecule is O=C(Cc1ccccc1F)c1ccccc1. The van der Waals surface area contributed by atoms with Crippen LogP contribution in [0.4, 0.5) is 4.39 Å². The van der Waals surface area contributed by atoms with Crippen molar-refractivity contribution in [2.45, 2.75) is 6.42 Å². The number of benzene rings is 2. The molecular weight excluding hydrogens is 203 g/mol. The van der Waals surface area contributed by atoms with E-state index in [1.54, 1.807) is 42.5 Å². The fraction of sp³-hybridized carbons (Fsp3) is 0.0714. The molecular formula is C14H11FO. The molecule has 0 atom stereocenters. The van der Waals surface area contributed by atoms with Crippen molar-refractivity contribution < 1.29 is 9.18 Å². The lowest BCUT2D eigenvalue weighted by molar-refractivity contribution is 0.0992. The highest BCUT2D eigenvalue weighted by Crippen LogP contribution is 2.10. The van der Waals surface area contributed by atoms with Gasteiger partial charge in [0, 0.05) is 12.0 Å². The van der Waals surface area contributed by atoms with Crippen molar-refractivity contribution in [1.82, 2.24) is 0 Å². The molecule has 0 aromatic heterocycles. The summed E-state index contributed by atoms with van der Waals surface area (Å²) in [7, 11) is 0. The molecule has 0 bridgehead atoms. The molecule has 0 fully saturated rings. The standard InChI is InChI=1S/C14H11FO/c15-13-9-5-4-8-12(13)10-14(16)11-6-2-1-3-7-11/h1-9H,10H2. The van der Waals surface area contributed by atoms with E-state index in [4.69, 9.17) is 0 Å². The first-order valence-electron chi connectivity index (χ1n) is 5.09. The Balaban J connectivity index is 2.18. The average molecular weight is 214 g/mol. The molecule has 0 aliphatic heterocycles. The van der Waals surface area contributed by atoms with Gasteiger partial charge in [-0.25, -0.2) is 4.39 Å². The number of halogens is 1. The fourth-order valence-corrected chi connectivity index (χ4v) is 1.54. The predicted molar refractivity (Wildman–Crippen MR) is 60.9 cm³/mol. The van der Waals surface area contributed by atoms with Crippen molar-refractivity contribution in [3.63, 3.8) is 0 Å².